The number of unbranched alkanes of at least 4 members (excludes halogenated alkanes) is 1. The molecule has 2 N–H and O–H groups in total. The van der Waals surface area contributed by atoms with Crippen molar-refractivity contribution >= 4 is 11.8 Å². The minimum Gasteiger partial charge on any atom is -0.394 e. The van der Waals surface area contributed by atoms with Crippen molar-refractivity contribution in [1.29, 1.82) is 0 Å². The van der Waals surface area contributed by atoms with Crippen LogP contribution in [0.3, 0.4) is 0 Å². The van der Waals surface area contributed by atoms with Gasteiger partial charge in [-0.2, -0.15) is 13.2 Å². The van der Waals surface area contributed by atoms with Gasteiger partial charge in [0.25, 0.3) is 0 Å². The van der Waals surface area contributed by atoms with Gasteiger partial charge >= 0.3 is 6.18 Å². The number of aliphatic hydroxyl groups excluding tert-OH is 1. The second kappa shape index (κ2) is 8.85. The van der Waals surface area contributed by atoms with Gasteiger partial charge < -0.3 is 14.4 Å². The van der Waals surface area contributed by atoms with E-state index in [1.54, 1.807) is 27.7 Å². The number of amides is 1. The summed E-state index contributed by atoms with van der Waals surface area (Å²) in [7, 11) is 0. The molecule has 0 saturated carbocycles. The lowest BCUT2D eigenvalue weighted by molar-refractivity contribution is -0.136. The number of nitrogens with zero attached hydrogens (tertiary/aromatic N) is 1. The summed E-state index contributed by atoms with van der Waals surface area (Å²) in [5.74, 6) is -0.227. The number of aromatic nitrogens is 1. The zero-order chi connectivity index (χ0) is 20.0. The molecule has 26 heavy (non-hydrogen) atoms. The van der Waals surface area contributed by atoms with E-state index in [2.05, 4.69) is 10.5 Å². The van der Waals surface area contributed by atoms with E-state index in [1.807, 2.05) is 0 Å². The molecule has 0 aliphatic heterocycles. The molecule has 0 aliphatic carbocycles. The number of nitrogens with one attached hydrogen (secondary N) is 1. The lowest BCUT2D eigenvalue weighted by Crippen LogP contribution is -2.30. The zero-order valence-electron chi connectivity index (χ0n) is 15.6. The molecule has 0 saturated heterocycles. The van der Waals surface area contributed by atoms with Crippen LogP contribution in [0.4, 0.5) is 19.1 Å². The fourth-order valence-electron chi connectivity index (χ4n) is 2.28. The number of anilines is 1. The molecule has 0 fully saturated rings. The standard InChI is InChI=1S/C17H27F3N2O4/c1-15(2,7-5-6-8-17(18,19)20)14(24)21-13-11-12(22-26-13)16(3,4)25-10-9-23/h11,23H,5-10H2,1-4H3,(H,21,24). The van der Waals surface area contributed by atoms with Crippen LogP contribution < -0.4 is 5.32 Å². The van der Waals surface area contributed by atoms with Crippen LogP contribution in [0, 0.1) is 5.41 Å². The van der Waals surface area contributed by atoms with Crippen LogP contribution in [0.5, 0.6) is 0 Å². The molecule has 0 unspecified atom stereocenters. The van der Waals surface area contributed by atoms with Crippen LogP contribution in [0.1, 0.15) is 59.1 Å². The maximum atomic E-state index is 12.4. The highest BCUT2D eigenvalue weighted by Gasteiger charge is 2.31. The molecule has 1 aromatic rings. The van der Waals surface area contributed by atoms with E-state index in [0.717, 1.165) is 0 Å². The molecule has 1 amide bonds. The van der Waals surface area contributed by atoms with Crippen LogP contribution in [-0.4, -0.2) is 35.6 Å². The Labute approximate surface area is 151 Å². The Morgan fingerprint density at radius 3 is 2.42 bits per heavy atom. The van der Waals surface area contributed by atoms with Gasteiger partial charge in [0, 0.05) is 17.9 Å². The van der Waals surface area contributed by atoms with Crippen molar-refractivity contribution < 1.29 is 32.3 Å². The maximum absolute atomic E-state index is 12.4. The Morgan fingerprint density at radius 2 is 1.85 bits per heavy atom. The van der Waals surface area contributed by atoms with Gasteiger partial charge in [-0.1, -0.05) is 25.4 Å². The molecule has 0 atom stereocenters. The number of aliphatic hydroxyl groups is 1. The van der Waals surface area contributed by atoms with Gasteiger partial charge in [0.05, 0.1) is 13.2 Å². The van der Waals surface area contributed by atoms with Crippen molar-refractivity contribution in [2.75, 3.05) is 18.5 Å². The Hall–Kier alpha value is -1.61. The molecule has 150 valence electrons. The highest BCUT2D eigenvalue weighted by atomic mass is 19.4. The molecular weight excluding hydrogens is 353 g/mol. The third-order valence-corrected chi connectivity index (χ3v) is 4.04. The van der Waals surface area contributed by atoms with Crippen LogP contribution in [0.15, 0.2) is 10.6 Å². The lowest BCUT2D eigenvalue weighted by Gasteiger charge is -2.23. The van der Waals surface area contributed by atoms with Gasteiger partial charge in [-0.15, -0.1) is 0 Å². The molecular formula is C17H27F3N2O4. The quantitative estimate of drug-likeness (QED) is 0.599. The summed E-state index contributed by atoms with van der Waals surface area (Å²) < 4.78 is 47.1. The third-order valence-electron chi connectivity index (χ3n) is 4.04. The molecule has 6 nitrogen and oxygen atoms in total. The predicted octanol–water partition coefficient (Wildman–Crippen LogP) is 4.01. The zero-order valence-corrected chi connectivity index (χ0v) is 15.6. The van der Waals surface area contributed by atoms with Crippen LogP contribution in [0.2, 0.25) is 0 Å². The second-order valence-corrected chi connectivity index (χ2v) is 7.32. The van der Waals surface area contributed by atoms with Crippen molar-refractivity contribution in [3.8, 4) is 0 Å². The first-order valence-electron chi connectivity index (χ1n) is 8.47. The molecule has 9 heteroatoms. The monoisotopic (exact) mass is 380 g/mol. The number of rotatable bonds is 10. The number of alkyl halides is 3. The smallest absolute Gasteiger partial charge is 0.389 e. The average Bonchev–Trinajstić information content (AvgIpc) is 2.98. The summed E-state index contributed by atoms with van der Waals surface area (Å²) in [6.07, 6.45) is -4.42. The largest absolute Gasteiger partial charge is 0.394 e. The van der Waals surface area contributed by atoms with E-state index in [0.29, 0.717) is 18.5 Å². The van der Waals surface area contributed by atoms with Gasteiger partial charge in [-0.25, -0.2) is 0 Å². The maximum Gasteiger partial charge on any atom is 0.389 e. The fourth-order valence-corrected chi connectivity index (χ4v) is 2.28. The topological polar surface area (TPSA) is 84.6 Å². The molecule has 1 heterocycles. The van der Waals surface area contributed by atoms with Gasteiger partial charge in [-0.3, -0.25) is 10.1 Å². The molecule has 0 aromatic carbocycles. The minimum absolute atomic E-state index is 0.0109. The van der Waals surface area contributed by atoms with Gasteiger partial charge in [0.15, 0.2) is 0 Å². The SMILES string of the molecule is CC(C)(CCCCC(F)(F)F)C(=O)Nc1cc(C(C)(C)OCCO)no1. The molecule has 0 spiro atoms. The fraction of sp³-hybridized carbons (Fsp3) is 0.765. The Morgan fingerprint density at radius 1 is 1.23 bits per heavy atom. The predicted molar refractivity (Wildman–Crippen MR) is 89.5 cm³/mol. The van der Waals surface area contributed by atoms with E-state index in [9.17, 15) is 18.0 Å². The summed E-state index contributed by atoms with van der Waals surface area (Å²) in [5.41, 5.74) is -1.20. The van der Waals surface area contributed by atoms with E-state index in [-0.39, 0.29) is 31.4 Å². The van der Waals surface area contributed by atoms with Crippen molar-refractivity contribution in [2.45, 2.75) is 65.2 Å². The summed E-state index contributed by atoms with van der Waals surface area (Å²) in [6.45, 7) is 6.83. The van der Waals surface area contributed by atoms with Crippen molar-refractivity contribution in [1.82, 2.24) is 5.16 Å². The Balaban J connectivity index is 2.58. The van der Waals surface area contributed by atoms with Crippen LogP contribution >= 0.6 is 0 Å². The van der Waals surface area contributed by atoms with Crippen molar-refractivity contribution in [2.24, 2.45) is 5.41 Å². The minimum atomic E-state index is -4.17. The molecule has 1 rings (SSSR count). The summed E-state index contributed by atoms with van der Waals surface area (Å²) in [4.78, 5) is 12.4. The van der Waals surface area contributed by atoms with Gasteiger partial charge in [-0.05, 0) is 26.7 Å². The lowest BCUT2D eigenvalue weighted by atomic mass is 9.86. The van der Waals surface area contributed by atoms with Gasteiger partial charge in [0.2, 0.25) is 11.8 Å². The summed E-state index contributed by atoms with van der Waals surface area (Å²) in [5, 5.41) is 15.3. The van der Waals surface area contributed by atoms with Crippen LogP contribution in [-0.2, 0) is 15.1 Å². The summed E-state index contributed by atoms with van der Waals surface area (Å²) in [6, 6.07) is 1.52. The molecule has 1 aromatic heterocycles. The summed E-state index contributed by atoms with van der Waals surface area (Å²) >= 11 is 0. The Kier molecular flexibility index (Phi) is 7.64. The number of hydrogen-bond acceptors (Lipinski definition) is 5. The number of halogens is 3. The Bertz CT molecular complexity index is 583. The average molecular weight is 380 g/mol. The molecule has 0 bridgehead atoms. The van der Waals surface area contributed by atoms with Crippen LogP contribution in [0.25, 0.3) is 0 Å². The highest BCUT2D eigenvalue weighted by Crippen LogP contribution is 2.30. The second-order valence-electron chi connectivity index (χ2n) is 7.32. The first kappa shape index (κ1) is 22.4. The molecule has 0 aliphatic rings. The van der Waals surface area contributed by atoms with Crippen molar-refractivity contribution in [3.63, 3.8) is 0 Å². The van der Waals surface area contributed by atoms with E-state index in [1.165, 1.54) is 6.07 Å². The first-order valence-corrected chi connectivity index (χ1v) is 8.47. The normalized spacial score (nSPS) is 13.1. The number of carbonyl (C=O) groups excluding carboxylic acids is 1. The first-order chi connectivity index (χ1) is 11.9. The van der Waals surface area contributed by atoms with E-state index < -0.39 is 23.6 Å². The van der Waals surface area contributed by atoms with E-state index >= 15 is 0 Å². The highest BCUT2D eigenvalue weighted by molar-refractivity contribution is 5.93. The third kappa shape index (κ3) is 7.33. The number of carbonyl (C=O) groups is 1. The van der Waals surface area contributed by atoms with Gasteiger partial charge in [0.1, 0.15) is 11.3 Å². The molecule has 0 radical (unpaired) electrons. The van der Waals surface area contributed by atoms with Crippen molar-refractivity contribution in [3.05, 3.63) is 11.8 Å². The number of ether oxygens (including phenoxy) is 1. The number of hydrogen-bond donors (Lipinski definition) is 2. The van der Waals surface area contributed by atoms with E-state index in [4.69, 9.17) is 14.4 Å².